The number of nitrogens with zero attached hydrogens (tertiary/aromatic N) is 3. The second-order valence-corrected chi connectivity index (χ2v) is 11.1. The zero-order chi connectivity index (χ0) is 26.1. The Labute approximate surface area is 225 Å². The van der Waals surface area contributed by atoms with Gasteiger partial charge in [0.1, 0.15) is 17.8 Å². The molecular weight excluding hydrogens is 496 g/mol. The van der Waals surface area contributed by atoms with E-state index in [1.54, 1.807) is 29.7 Å². The van der Waals surface area contributed by atoms with Crippen LogP contribution in [0.4, 0.5) is 0 Å². The summed E-state index contributed by atoms with van der Waals surface area (Å²) in [7, 11) is 0. The molecule has 0 bridgehead atoms. The standard InChI is InChI=1S/C30H30N4O3S/c1-19-32-26(17-38-19)24(15-20-7-10-23(35)11-8-20)33-30(36)22-9-12-27-25(16-22)31-18-34(27)28-13-14-37-29(28)21-5-3-2-4-6-21/h7-14,16-18,21,24,35H,2-6,15H2,1H3,(H,33,36)/t24-/m0/s1. The minimum absolute atomic E-state index is 0.179. The van der Waals surface area contributed by atoms with Gasteiger partial charge in [0.2, 0.25) is 0 Å². The molecule has 8 heteroatoms. The minimum atomic E-state index is -0.297. The molecule has 5 aromatic rings. The van der Waals surface area contributed by atoms with Crippen LogP contribution in [0, 0.1) is 6.92 Å². The van der Waals surface area contributed by atoms with Gasteiger partial charge in [0, 0.05) is 22.9 Å². The molecule has 3 heterocycles. The number of benzene rings is 2. The van der Waals surface area contributed by atoms with E-state index in [9.17, 15) is 9.90 Å². The van der Waals surface area contributed by atoms with E-state index in [4.69, 9.17) is 4.42 Å². The Morgan fingerprint density at radius 2 is 1.97 bits per heavy atom. The van der Waals surface area contributed by atoms with Gasteiger partial charge in [-0.2, -0.15) is 0 Å². The van der Waals surface area contributed by atoms with E-state index in [0.29, 0.717) is 17.9 Å². The van der Waals surface area contributed by atoms with Crippen molar-refractivity contribution in [2.45, 2.75) is 57.4 Å². The molecule has 2 N–H and O–H groups in total. The van der Waals surface area contributed by atoms with Gasteiger partial charge in [-0.1, -0.05) is 31.4 Å². The number of phenols is 1. The summed E-state index contributed by atoms with van der Waals surface area (Å²) in [5, 5.41) is 15.7. The molecule has 7 nitrogen and oxygen atoms in total. The molecule has 0 aliphatic heterocycles. The maximum Gasteiger partial charge on any atom is 0.251 e. The number of nitrogens with one attached hydrogen (secondary N) is 1. The molecule has 3 aromatic heterocycles. The molecule has 1 atom stereocenters. The third kappa shape index (κ3) is 4.96. The van der Waals surface area contributed by atoms with Crippen molar-refractivity contribution in [3.8, 4) is 11.4 Å². The number of imidazole rings is 1. The van der Waals surface area contributed by atoms with Gasteiger partial charge in [0.05, 0.1) is 39.7 Å². The molecule has 0 spiro atoms. The van der Waals surface area contributed by atoms with Crippen molar-refractivity contribution in [2.24, 2.45) is 0 Å². The van der Waals surface area contributed by atoms with E-state index in [1.165, 1.54) is 19.3 Å². The van der Waals surface area contributed by atoms with Crippen molar-refractivity contribution in [2.75, 3.05) is 0 Å². The molecule has 1 amide bonds. The van der Waals surface area contributed by atoms with Crippen molar-refractivity contribution >= 4 is 28.3 Å². The Morgan fingerprint density at radius 1 is 1.16 bits per heavy atom. The second-order valence-electron chi connectivity index (χ2n) is 10.0. The van der Waals surface area contributed by atoms with Gasteiger partial charge in [-0.05, 0) is 62.1 Å². The van der Waals surface area contributed by atoms with E-state index in [2.05, 4.69) is 19.9 Å². The highest BCUT2D eigenvalue weighted by molar-refractivity contribution is 7.09. The van der Waals surface area contributed by atoms with Crippen LogP contribution in [0.25, 0.3) is 16.7 Å². The molecule has 38 heavy (non-hydrogen) atoms. The number of phenolic OH excluding ortho intramolecular Hbond substituents is 1. The van der Waals surface area contributed by atoms with E-state index < -0.39 is 0 Å². The number of aromatic hydroxyl groups is 1. The van der Waals surface area contributed by atoms with Gasteiger partial charge in [0.25, 0.3) is 5.91 Å². The predicted molar refractivity (Wildman–Crippen MR) is 148 cm³/mol. The lowest BCUT2D eigenvalue weighted by Crippen LogP contribution is -2.30. The molecular formula is C30H30N4O3S. The minimum Gasteiger partial charge on any atom is -0.508 e. The maximum atomic E-state index is 13.4. The van der Waals surface area contributed by atoms with Gasteiger partial charge < -0.3 is 14.8 Å². The summed E-state index contributed by atoms with van der Waals surface area (Å²) >= 11 is 1.56. The van der Waals surface area contributed by atoms with E-state index in [1.807, 2.05) is 55.0 Å². The summed E-state index contributed by atoms with van der Waals surface area (Å²) in [5.41, 5.74) is 5.11. The van der Waals surface area contributed by atoms with Crippen LogP contribution in [0.15, 0.2) is 70.9 Å². The molecule has 1 saturated carbocycles. The zero-order valence-electron chi connectivity index (χ0n) is 21.3. The summed E-state index contributed by atoms with van der Waals surface area (Å²) in [6.07, 6.45) is 10.2. The molecule has 0 unspecified atom stereocenters. The van der Waals surface area contributed by atoms with Gasteiger partial charge in [-0.15, -0.1) is 11.3 Å². The quantitative estimate of drug-likeness (QED) is 0.242. The lowest BCUT2D eigenvalue weighted by molar-refractivity contribution is 0.0936. The Hall–Kier alpha value is -3.91. The van der Waals surface area contributed by atoms with Crippen molar-refractivity contribution < 1.29 is 14.3 Å². The van der Waals surface area contributed by atoms with Crippen LogP contribution in [0.2, 0.25) is 0 Å². The fourth-order valence-electron chi connectivity index (χ4n) is 5.41. The van der Waals surface area contributed by atoms with Crippen LogP contribution in [-0.4, -0.2) is 25.5 Å². The van der Waals surface area contributed by atoms with Crippen LogP contribution < -0.4 is 5.32 Å². The van der Waals surface area contributed by atoms with E-state index in [-0.39, 0.29) is 17.7 Å². The predicted octanol–water partition coefficient (Wildman–Crippen LogP) is 6.85. The monoisotopic (exact) mass is 526 g/mol. The van der Waals surface area contributed by atoms with Crippen molar-refractivity contribution in [3.05, 3.63) is 94.1 Å². The summed E-state index contributed by atoms with van der Waals surface area (Å²) in [4.78, 5) is 22.7. The SMILES string of the molecule is Cc1nc([C@H](Cc2ccc(O)cc2)NC(=O)c2ccc3c(c2)ncn3-c2ccoc2C2CCCCC2)cs1. The summed E-state index contributed by atoms with van der Waals surface area (Å²) in [5.74, 6) is 1.51. The molecule has 2 aromatic carbocycles. The number of thiazole rings is 1. The number of amides is 1. The van der Waals surface area contributed by atoms with Crippen LogP contribution in [0.3, 0.4) is 0 Å². The van der Waals surface area contributed by atoms with E-state index in [0.717, 1.165) is 51.6 Å². The number of hydrogen-bond donors (Lipinski definition) is 2. The van der Waals surface area contributed by atoms with Crippen molar-refractivity contribution in [1.29, 1.82) is 0 Å². The average molecular weight is 527 g/mol. The number of aromatic nitrogens is 3. The highest BCUT2D eigenvalue weighted by Crippen LogP contribution is 2.37. The molecule has 194 valence electrons. The molecule has 0 radical (unpaired) electrons. The van der Waals surface area contributed by atoms with Crippen molar-refractivity contribution in [1.82, 2.24) is 19.9 Å². The molecule has 6 rings (SSSR count). The van der Waals surface area contributed by atoms with Crippen LogP contribution >= 0.6 is 11.3 Å². The highest BCUT2D eigenvalue weighted by Gasteiger charge is 2.24. The normalized spacial score (nSPS) is 15.1. The van der Waals surface area contributed by atoms with Gasteiger partial charge in [-0.3, -0.25) is 9.36 Å². The highest BCUT2D eigenvalue weighted by atomic mass is 32.1. The van der Waals surface area contributed by atoms with Crippen LogP contribution in [0.1, 0.15) is 76.4 Å². The number of fused-ring (bicyclic) bond motifs is 1. The Bertz CT molecular complexity index is 1560. The Morgan fingerprint density at radius 3 is 2.74 bits per heavy atom. The van der Waals surface area contributed by atoms with Crippen LogP contribution in [0.5, 0.6) is 5.75 Å². The lowest BCUT2D eigenvalue weighted by atomic mass is 9.87. The second kappa shape index (κ2) is 10.5. The third-order valence-corrected chi connectivity index (χ3v) is 8.19. The largest absolute Gasteiger partial charge is 0.508 e. The molecule has 1 aliphatic rings. The van der Waals surface area contributed by atoms with Gasteiger partial charge >= 0.3 is 0 Å². The molecule has 1 fully saturated rings. The fraction of sp³-hybridized carbons (Fsp3) is 0.300. The number of carbonyl (C=O) groups is 1. The first-order chi connectivity index (χ1) is 18.5. The number of carbonyl (C=O) groups excluding carboxylic acids is 1. The van der Waals surface area contributed by atoms with Crippen molar-refractivity contribution in [3.63, 3.8) is 0 Å². The van der Waals surface area contributed by atoms with Gasteiger partial charge in [-0.25, -0.2) is 9.97 Å². The third-order valence-electron chi connectivity index (χ3n) is 7.39. The lowest BCUT2D eigenvalue weighted by Gasteiger charge is -2.21. The molecule has 1 aliphatic carbocycles. The Balaban J connectivity index is 1.25. The summed E-state index contributed by atoms with van der Waals surface area (Å²) < 4.78 is 8.02. The smallest absolute Gasteiger partial charge is 0.251 e. The average Bonchev–Trinajstić information content (AvgIpc) is 3.69. The van der Waals surface area contributed by atoms with E-state index >= 15 is 0 Å². The first-order valence-corrected chi connectivity index (χ1v) is 14.0. The number of aryl methyl sites for hydroxylation is 1. The summed E-state index contributed by atoms with van der Waals surface area (Å²) in [6, 6.07) is 14.4. The van der Waals surface area contributed by atoms with Crippen LogP contribution in [-0.2, 0) is 6.42 Å². The topological polar surface area (TPSA) is 93.2 Å². The molecule has 0 saturated heterocycles. The summed E-state index contributed by atoms with van der Waals surface area (Å²) in [6.45, 7) is 1.96. The maximum absolute atomic E-state index is 13.4. The first kappa shape index (κ1) is 24.4. The fourth-order valence-corrected chi connectivity index (χ4v) is 6.07. The number of rotatable bonds is 7. The zero-order valence-corrected chi connectivity index (χ0v) is 22.1. The number of hydrogen-bond acceptors (Lipinski definition) is 6. The van der Waals surface area contributed by atoms with Gasteiger partial charge in [0.15, 0.2) is 0 Å². The Kier molecular flexibility index (Phi) is 6.72. The first-order valence-electron chi connectivity index (χ1n) is 13.1. The number of furan rings is 1.